The first-order valence-corrected chi connectivity index (χ1v) is 0. The summed E-state index contributed by atoms with van der Waals surface area (Å²) in [4.78, 5) is 0. The van der Waals surface area contributed by atoms with Crippen molar-refractivity contribution < 1.29 is 59.5 Å². The Morgan fingerprint density at radius 2 is 0.667 bits per heavy atom. The van der Waals surface area contributed by atoms with Crippen molar-refractivity contribution in [2.24, 2.45) is 0 Å². The Bertz CT molecular complexity index is 7.51. The van der Waals surface area contributed by atoms with Gasteiger partial charge in [0.25, 0.3) is 0 Å². The maximum atomic E-state index is 0. The molecule has 0 rings (SSSR count). The van der Waals surface area contributed by atoms with E-state index in [4.69, 9.17) is 0 Å². The number of rotatable bonds is 0. The summed E-state index contributed by atoms with van der Waals surface area (Å²) in [6.45, 7) is 0. The van der Waals surface area contributed by atoms with Crippen LogP contribution in [0.15, 0.2) is 0 Å². The molecule has 0 aromatic heterocycles. The quantitative estimate of drug-likeness (QED) is 0.507. The zero-order valence-electron chi connectivity index (χ0n) is 2.44. The van der Waals surface area contributed by atoms with Crippen LogP contribution in [-0.2, 0) is 48.5 Å². The second-order valence-corrected chi connectivity index (χ2v) is 0. The van der Waals surface area contributed by atoms with Crippen molar-refractivity contribution in [1.82, 2.24) is 0 Å². The van der Waals surface area contributed by atoms with Gasteiger partial charge in [0.1, 0.15) is 0 Å². The van der Waals surface area contributed by atoms with Crippen LogP contribution in [-0.4, -0.2) is 11.0 Å². The van der Waals surface area contributed by atoms with E-state index in [1.807, 2.05) is 0 Å². The molecule has 0 fully saturated rings. The van der Waals surface area contributed by atoms with Gasteiger partial charge in [0.05, 0.1) is 0 Å². The van der Waals surface area contributed by atoms with Gasteiger partial charge in [-0.1, -0.05) is 0 Å². The van der Waals surface area contributed by atoms with Gasteiger partial charge in [0.2, 0.25) is 0 Å². The van der Waals surface area contributed by atoms with Gasteiger partial charge in [-0.15, -0.1) is 0 Å². The summed E-state index contributed by atoms with van der Waals surface area (Å²) in [5.74, 6) is 0. The van der Waals surface area contributed by atoms with E-state index in [9.17, 15) is 0 Å². The minimum Gasteiger partial charge on any atom is -2.00 e. The molecule has 2 N–H and O–H groups in total. The number of hydrogen-bond donors (Lipinski definition) is 0. The summed E-state index contributed by atoms with van der Waals surface area (Å²) < 4.78 is 0. The number of hydrogen-bond acceptors (Lipinski definition) is 2. The monoisotopic (exact) mass is 222 g/mol. The van der Waals surface area contributed by atoms with E-state index in [1.54, 1.807) is 0 Å². The van der Waals surface area contributed by atoms with Crippen LogP contribution in [0, 0.1) is 0 Å². The van der Waals surface area contributed by atoms with E-state index in [0.717, 1.165) is 0 Å². The van der Waals surface area contributed by atoms with Gasteiger partial charge < -0.3 is 21.9 Å². The first kappa shape index (κ1) is 244. The molecular formula is H2MoNiO4. The standard InChI is InChI=1S/Mo.Ni.2H2O.2O/h;;2*1H2;;/q+4;+2;;;2*-2/p-2. The topological polar surface area (TPSA) is 117 Å². The van der Waals surface area contributed by atoms with Crippen LogP contribution in [0.5, 0.6) is 0 Å². The molecule has 0 bridgehead atoms. The average molecular weight is 221 g/mol. The largest absolute Gasteiger partial charge is 4.00 e. The van der Waals surface area contributed by atoms with Crippen LogP contribution < -0.4 is 0 Å². The van der Waals surface area contributed by atoms with E-state index in [1.165, 1.54) is 0 Å². The van der Waals surface area contributed by atoms with Crippen molar-refractivity contribution in [3.63, 3.8) is 0 Å². The predicted molar refractivity (Wildman–Crippen MR) is 5.24 cm³/mol. The summed E-state index contributed by atoms with van der Waals surface area (Å²) in [6, 6.07) is 0. The van der Waals surface area contributed by atoms with Gasteiger partial charge in [0.15, 0.2) is 0 Å². The zero-order valence-corrected chi connectivity index (χ0v) is 5.43. The third-order valence-electron chi connectivity index (χ3n) is 0. The molecule has 0 aromatic rings. The fourth-order valence-corrected chi connectivity index (χ4v) is 0. The summed E-state index contributed by atoms with van der Waals surface area (Å²) in [7, 11) is 0. The molecule has 0 heterocycles. The Hall–Kier alpha value is 1.02. The van der Waals surface area contributed by atoms with Crippen LogP contribution >= 0.6 is 0 Å². The first-order valence-electron chi connectivity index (χ1n) is 0. The minimum absolute atomic E-state index is 0. The van der Waals surface area contributed by atoms with Crippen LogP contribution in [0.2, 0.25) is 0 Å². The van der Waals surface area contributed by atoms with Crippen molar-refractivity contribution >= 4 is 0 Å². The van der Waals surface area contributed by atoms with Gasteiger partial charge in [-0.25, -0.2) is 0 Å². The molecule has 6 heteroatoms. The van der Waals surface area contributed by atoms with Gasteiger partial charge in [-0.3, -0.25) is 0 Å². The molecule has 0 saturated carbocycles. The molecule has 0 spiro atoms. The molecule has 0 unspecified atom stereocenters. The van der Waals surface area contributed by atoms with Crippen LogP contribution in [0.1, 0.15) is 0 Å². The van der Waals surface area contributed by atoms with Crippen molar-refractivity contribution in [3.8, 4) is 0 Å². The Balaban J connectivity index is 0. The average Bonchev–Trinajstić information content (AvgIpc) is 0. The molecule has 0 saturated heterocycles. The molecule has 0 radical (unpaired) electrons. The second kappa shape index (κ2) is 145. The van der Waals surface area contributed by atoms with E-state index in [2.05, 4.69) is 0 Å². The summed E-state index contributed by atoms with van der Waals surface area (Å²) in [5.41, 5.74) is 0. The van der Waals surface area contributed by atoms with E-state index in [0.29, 0.717) is 0 Å². The Morgan fingerprint density at radius 3 is 0.667 bits per heavy atom. The molecule has 4 nitrogen and oxygen atoms in total. The molecule has 0 aliphatic carbocycles. The molecule has 42 valence electrons. The molecule has 0 atom stereocenters. The normalized spacial score (nSPS) is 0. The van der Waals surface area contributed by atoms with Gasteiger partial charge in [0, 0.05) is 0 Å². The molecule has 0 amide bonds. The van der Waals surface area contributed by atoms with Crippen molar-refractivity contribution in [2.75, 3.05) is 0 Å². The molecular weight excluding hydrogens is 219 g/mol. The van der Waals surface area contributed by atoms with Crippen LogP contribution in [0.3, 0.4) is 0 Å². The maximum absolute atomic E-state index is 0. The first-order chi connectivity index (χ1) is 0. The third-order valence-corrected chi connectivity index (χ3v) is 0. The van der Waals surface area contributed by atoms with Gasteiger partial charge >= 0.3 is 37.6 Å². The minimum atomic E-state index is 0. The Kier molecular flexibility index (Phi) is 5910. The third kappa shape index (κ3) is 77.8. The Labute approximate surface area is 59.7 Å². The van der Waals surface area contributed by atoms with E-state index >= 15 is 0 Å². The molecule has 6 heavy (non-hydrogen) atoms. The van der Waals surface area contributed by atoms with Crippen molar-refractivity contribution in [2.45, 2.75) is 0 Å². The van der Waals surface area contributed by atoms with E-state index < -0.39 is 0 Å². The smallest absolute Gasteiger partial charge is 2.00 e. The van der Waals surface area contributed by atoms with Crippen molar-refractivity contribution in [3.05, 3.63) is 0 Å². The van der Waals surface area contributed by atoms with Crippen molar-refractivity contribution in [1.29, 1.82) is 0 Å². The summed E-state index contributed by atoms with van der Waals surface area (Å²) >= 11 is 0. The van der Waals surface area contributed by atoms with Gasteiger partial charge in [-0.05, 0) is 0 Å². The zero-order chi connectivity index (χ0) is 0. The van der Waals surface area contributed by atoms with Gasteiger partial charge in [-0.2, -0.15) is 0 Å². The second-order valence-electron chi connectivity index (χ2n) is 0. The maximum Gasteiger partial charge on any atom is 4.00 e. The van der Waals surface area contributed by atoms with Crippen LogP contribution in [0.25, 0.3) is 0 Å². The van der Waals surface area contributed by atoms with Crippen LogP contribution in [0.4, 0.5) is 0 Å². The summed E-state index contributed by atoms with van der Waals surface area (Å²) in [6.07, 6.45) is 0. The molecule has 0 aliphatic heterocycles. The predicted octanol–water partition coefficient (Wildman–Crippen LogP) is -0.596. The SMILES string of the molecule is [Mo+4].[Ni+2].[O-2].[O-2].[OH-].[OH-]. The molecule has 0 aromatic carbocycles. The Morgan fingerprint density at radius 1 is 0.667 bits per heavy atom. The fourth-order valence-electron chi connectivity index (χ4n) is 0. The fraction of sp³-hybridized carbons (Fsp3) is 0. The summed E-state index contributed by atoms with van der Waals surface area (Å²) in [5, 5.41) is 0. The molecule has 0 aliphatic rings. The van der Waals surface area contributed by atoms with E-state index in [-0.39, 0.29) is 59.5 Å².